The molecule has 1 amide bonds. The summed E-state index contributed by atoms with van der Waals surface area (Å²) in [6, 6.07) is 13.6. The molecule has 6 heteroatoms. The van der Waals surface area contributed by atoms with E-state index in [1.165, 1.54) is 4.90 Å². The van der Waals surface area contributed by atoms with Crippen LogP contribution in [-0.2, 0) is 0 Å². The molecule has 0 saturated heterocycles. The van der Waals surface area contributed by atoms with E-state index in [1.54, 1.807) is 24.3 Å². The Kier molecular flexibility index (Phi) is 4.41. The van der Waals surface area contributed by atoms with Gasteiger partial charge in [-0.15, -0.1) is 0 Å². The molecule has 0 saturated carbocycles. The van der Waals surface area contributed by atoms with Crippen LogP contribution in [0.5, 0.6) is 5.75 Å². The lowest BCUT2D eigenvalue weighted by molar-refractivity contribution is 0.0691. The van der Waals surface area contributed by atoms with E-state index < -0.39 is 11.9 Å². The molecule has 1 atom stereocenters. The number of β-amino-alcohol motifs (C(OH)–C–C–N with tert-alkyl or cyclic N) is 1. The van der Waals surface area contributed by atoms with Gasteiger partial charge in [-0.3, -0.25) is 9.59 Å². The first kappa shape index (κ1) is 17.3. The Morgan fingerprint density at radius 3 is 2.74 bits per heavy atom. The van der Waals surface area contributed by atoms with Gasteiger partial charge in [-0.25, -0.2) is 0 Å². The molecule has 138 valence electrons. The Hall–Kier alpha value is -3.12. The number of benzene rings is 2. The summed E-state index contributed by atoms with van der Waals surface area (Å²) in [7, 11) is 0. The zero-order valence-corrected chi connectivity index (χ0v) is 14.8. The third-order valence-electron chi connectivity index (χ3n) is 4.70. The zero-order valence-electron chi connectivity index (χ0n) is 14.8. The molecule has 2 heterocycles. The lowest BCUT2D eigenvalue weighted by atomic mass is 9.98. The maximum absolute atomic E-state index is 13.2. The number of amides is 1. The van der Waals surface area contributed by atoms with E-state index in [4.69, 9.17) is 9.15 Å². The van der Waals surface area contributed by atoms with E-state index in [1.807, 2.05) is 31.2 Å². The molecule has 0 aliphatic carbocycles. The van der Waals surface area contributed by atoms with Crippen molar-refractivity contribution in [3.8, 4) is 5.75 Å². The van der Waals surface area contributed by atoms with E-state index in [2.05, 4.69) is 0 Å². The Morgan fingerprint density at radius 1 is 1.15 bits per heavy atom. The normalized spacial score (nSPS) is 16.0. The fourth-order valence-corrected chi connectivity index (χ4v) is 3.59. The number of fused-ring (bicyclic) bond motifs is 2. The molecule has 1 aliphatic rings. The van der Waals surface area contributed by atoms with Crippen molar-refractivity contribution in [2.45, 2.75) is 13.0 Å². The number of aliphatic hydroxyl groups excluding tert-OH is 1. The van der Waals surface area contributed by atoms with Crippen LogP contribution in [0.3, 0.4) is 0 Å². The van der Waals surface area contributed by atoms with Gasteiger partial charge in [0.25, 0.3) is 5.91 Å². The minimum absolute atomic E-state index is 0.0407. The summed E-state index contributed by atoms with van der Waals surface area (Å²) in [5.41, 5.74) is 1.19. The molecule has 6 nitrogen and oxygen atoms in total. The quantitative estimate of drug-likeness (QED) is 0.752. The van der Waals surface area contributed by atoms with Crippen LogP contribution in [0.15, 0.2) is 57.7 Å². The fourth-order valence-electron chi connectivity index (χ4n) is 3.59. The molecule has 0 fully saturated rings. The fraction of sp³-hybridized carbons (Fsp3) is 0.238. The number of carbonyl (C=O) groups excluding carboxylic acids is 1. The highest BCUT2D eigenvalue weighted by molar-refractivity contribution is 5.99. The smallest absolute Gasteiger partial charge is 0.290 e. The maximum atomic E-state index is 13.2. The van der Waals surface area contributed by atoms with Gasteiger partial charge in [0.1, 0.15) is 11.3 Å². The summed E-state index contributed by atoms with van der Waals surface area (Å²) in [4.78, 5) is 27.6. The Bertz CT molecular complexity index is 1070. The number of hydrogen-bond acceptors (Lipinski definition) is 5. The third-order valence-corrected chi connectivity index (χ3v) is 4.70. The van der Waals surface area contributed by atoms with Crippen molar-refractivity contribution in [1.82, 2.24) is 4.90 Å². The van der Waals surface area contributed by atoms with Crippen LogP contribution < -0.4 is 10.2 Å². The number of ether oxygens (including phenoxy) is 1. The molecular weight excluding hydrogens is 346 g/mol. The second-order valence-corrected chi connectivity index (χ2v) is 6.30. The Labute approximate surface area is 155 Å². The molecule has 1 N–H and O–H groups in total. The number of para-hydroxylation sites is 1. The van der Waals surface area contributed by atoms with Gasteiger partial charge in [0.2, 0.25) is 5.76 Å². The molecule has 0 bridgehead atoms. The molecule has 4 rings (SSSR count). The average Bonchev–Trinajstić information content (AvgIpc) is 2.96. The number of rotatable bonds is 5. The van der Waals surface area contributed by atoms with Crippen molar-refractivity contribution >= 4 is 16.9 Å². The van der Waals surface area contributed by atoms with Gasteiger partial charge in [-0.1, -0.05) is 24.3 Å². The van der Waals surface area contributed by atoms with Crippen LogP contribution in [0.1, 0.15) is 34.6 Å². The van der Waals surface area contributed by atoms with Crippen LogP contribution in [0, 0.1) is 0 Å². The molecule has 0 radical (unpaired) electrons. The first-order chi connectivity index (χ1) is 13.2. The Balaban J connectivity index is 1.95. The highest BCUT2D eigenvalue weighted by Gasteiger charge is 2.42. The lowest BCUT2D eigenvalue weighted by Crippen LogP contribution is -2.32. The largest absolute Gasteiger partial charge is 0.494 e. The van der Waals surface area contributed by atoms with Crippen molar-refractivity contribution in [3.05, 3.63) is 75.6 Å². The second-order valence-electron chi connectivity index (χ2n) is 6.30. The molecule has 3 aromatic rings. The SMILES string of the molecule is CCOc1cccc([C@@H]2c3c(oc4ccccc4c3=O)C(=O)N2CCO)c1. The first-order valence-corrected chi connectivity index (χ1v) is 8.86. The van der Waals surface area contributed by atoms with Crippen molar-refractivity contribution in [1.29, 1.82) is 0 Å². The Morgan fingerprint density at radius 2 is 1.96 bits per heavy atom. The molecule has 0 spiro atoms. The second kappa shape index (κ2) is 6.89. The van der Waals surface area contributed by atoms with Gasteiger partial charge >= 0.3 is 0 Å². The van der Waals surface area contributed by atoms with Gasteiger partial charge in [-0.2, -0.15) is 0 Å². The predicted molar refractivity (Wildman–Crippen MR) is 100 cm³/mol. The van der Waals surface area contributed by atoms with Gasteiger partial charge in [0.15, 0.2) is 5.43 Å². The zero-order chi connectivity index (χ0) is 19.0. The molecule has 0 unspecified atom stereocenters. The average molecular weight is 365 g/mol. The van der Waals surface area contributed by atoms with Gasteiger partial charge in [-0.05, 0) is 36.8 Å². The summed E-state index contributed by atoms with van der Waals surface area (Å²) in [6.45, 7) is 2.29. The van der Waals surface area contributed by atoms with E-state index >= 15 is 0 Å². The topological polar surface area (TPSA) is 80.0 Å². The van der Waals surface area contributed by atoms with Gasteiger partial charge < -0.3 is 19.2 Å². The van der Waals surface area contributed by atoms with Crippen LogP contribution >= 0.6 is 0 Å². The van der Waals surface area contributed by atoms with Crippen molar-refractivity contribution in [2.24, 2.45) is 0 Å². The van der Waals surface area contributed by atoms with Gasteiger partial charge in [0, 0.05) is 6.54 Å². The summed E-state index contributed by atoms with van der Waals surface area (Å²) < 4.78 is 11.4. The van der Waals surface area contributed by atoms with E-state index in [-0.39, 0.29) is 24.3 Å². The van der Waals surface area contributed by atoms with Crippen LogP contribution in [0.2, 0.25) is 0 Å². The standard InChI is InChI=1S/C21H19NO5/c1-2-26-14-7-5-6-13(12-14)18-17-19(24)15-8-3-4-9-16(15)27-20(17)21(25)22(18)10-11-23/h3-9,12,18,23H,2,10-11H2,1H3/t18-/m1/s1. The first-order valence-electron chi connectivity index (χ1n) is 8.86. The van der Waals surface area contributed by atoms with Crippen molar-refractivity contribution < 1.29 is 19.1 Å². The summed E-state index contributed by atoms with van der Waals surface area (Å²) >= 11 is 0. The van der Waals surface area contributed by atoms with E-state index in [0.29, 0.717) is 28.9 Å². The highest BCUT2D eigenvalue weighted by Crippen LogP contribution is 2.38. The minimum Gasteiger partial charge on any atom is -0.494 e. The number of nitrogens with zero attached hydrogens (tertiary/aromatic N) is 1. The molecule has 2 aromatic carbocycles. The minimum atomic E-state index is -0.624. The van der Waals surface area contributed by atoms with Gasteiger partial charge in [0.05, 0.1) is 30.2 Å². The molecular formula is C21H19NO5. The summed E-state index contributed by atoms with van der Waals surface area (Å²) in [5, 5.41) is 9.89. The maximum Gasteiger partial charge on any atom is 0.290 e. The predicted octanol–water partition coefficient (Wildman–Crippen LogP) is 2.73. The number of hydrogen-bond donors (Lipinski definition) is 1. The van der Waals surface area contributed by atoms with E-state index in [9.17, 15) is 14.7 Å². The molecule has 1 aliphatic heterocycles. The molecule has 27 heavy (non-hydrogen) atoms. The van der Waals surface area contributed by atoms with Crippen molar-refractivity contribution in [3.63, 3.8) is 0 Å². The number of aliphatic hydroxyl groups is 1. The monoisotopic (exact) mass is 365 g/mol. The highest BCUT2D eigenvalue weighted by atomic mass is 16.5. The van der Waals surface area contributed by atoms with Crippen LogP contribution in [0.4, 0.5) is 0 Å². The third kappa shape index (κ3) is 2.78. The number of carbonyl (C=O) groups is 1. The summed E-state index contributed by atoms with van der Waals surface area (Å²) in [6.07, 6.45) is 0. The lowest BCUT2D eigenvalue weighted by Gasteiger charge is -2.24. The van der Waals surface area contributed by atoms with Crippen LogP contribution in [0.25, 0.3) is 11.0 Å². The molecule has 1 aromatic heterocycles. The van der Waals surface area contributed by atoms with Crippen molar-refractivity contribution in [2.75, 3.05) is 19.8 Å². The van der Waals surface area contributed by atoms with E-state index in [0.717, 1.165) is 5.56 Å². The van der Waals surface area contributed by atoms with Crippen LogP contribution in [-0.4, -0.2) is 35.7 Å². The summed E-state index contributed by atoms with van der Waals surface area (Å²) in [5.74, 6) is 0.303.